The number of rotatable bonds is 7. The van der Waals surface area contributed by atoms with Crippen LogP contribution in [0, 0.1) is 6.92 Å². The summed E-state index contributed by atoms with van der Waals surface area (Å²) in [4.78, 5) is 18.4. The largest absolute Gasteiger partial charge is 0.399 e. The summed E-state index contributed by atoms with van der Waals surface area (Å²) in [6.07, 6.45) is 4.49. The number of hydrogen-bond donors (Lipinski definition) is 2. The fourth-order valence-electron chi connectivity index (χ4n) is 2.35. The molecule has 0 unspecified atom stereocenters. The van der Waals surface area contributed by atoms with Crippen molar-refractivity contribution in [3.05, 3.63) is 53.9 Å². The van der Waals surface area contributed by atoms with E-state index in [0.717, 1.165) is 30.8 Å². The van der Waals surface area contributed by atoms with Crippen LogP contribution in [0.5, 0.6) is 0 Å². The lowest BCUT2D eigenvalue weighted by Crippen LogP contribution is -2.34. The number of aryl methyl sites for hydroxylation is 1. The molecule has 0 aliphatic carbocycles. The quantitative estimate of drug-likeness (QED) is 0.771. The smallest absolute Gasteiger partial charge is 0.238 e. The maximum atomic E-state index is 12.3. The molecule has 5 nitrogen and oxygen atoms in total. The van der Waals surface area contributed by atoms with Gasteiger partial charge in [-0.15, -0.1) is 0 Å². The van der Waals surface area contributed by atoms with Gasteiger partial charge in [0.05, 0.1) is 6.54 Å². The van der Waals surface area contributed by atoms with Gasteiger partial charge in [-0.1, -0.05) is 13.0 Å². The molecule has 0 saturated carbocycles. The Hall–Kier alpha value is -2.40. The van der Waals surface area contributed by atoms with Crippen LogP contribution in [0.25, 0.3) is 0 Å². The van der Waals surface area contributed by atoms with Gasteiger partial charge >= 0.3 is 0 Å². The Morgan fingerprint density at radius 2 is 2.00 bits per heavy atom. The van der Waals surface area contributed by atoms with Gasteiger partial charge < -0.3 is 11.1 Å². The van der Waals surface area contributed by atoms with Gasteiger partial charge in [-0.05, 0) is 55.3 Å². The van der Waals surface area contributed by atoms with E-state index in [2.05, 4.69) is 22.1 Å². The van der Waals surface area contributed by atoms with E-state index in [1.165, 1.54) is 5.56 Å². The lowest BCUT2D eigenvalue weighted by Gasteiger charge is -2.20. The number of aromatic nitrogens is 1. The minimum absolute atomic E-state index is 0.0183. The van der Waals surface area contributed by atoms with Crippen molar-refractivity contribution in [2.45, 2.75) is 20.3 Å². The molecule has 0 bridgehead atoms. The van der Waals surface area contributed by atoms with Crippen molar-refractivity contribution in [1.29, 1.82) is 0 Å². The highest BCUT2D eigenvalue weighted by Gasteiger charge is 2.10. The molecule has 1 aromatic carbocycles. The first-order chi connectivity index (χ1) is 11.1. The topological polar surface area (TPSA) is 71.2 Å². The van der Waals surface area contributed by atoms with Gasteiger partial charge in [0, 0.05) is 30.3 Å². The van der Waals surface area contributed by atoms with Gasteiger partial charge in [0.2, 0.25) is 5.91 Å². The monoisotopic (exact) mass is 312 g/mol. The molecule has 0 spiro atoms. The Bertz CT molecular complexity index is 643. The van der Waals surface area contributed by atoms with Gasteiger partial charge in [-0.25, -0.2) is 0 Å². The minimum Gasteiger partial charge on any atom is -0.399 e. The molecule has 1 heterocycles. The Morgan fingerprint density at radius 3 is 2.70 bits per heavy atom. The molecule has 0 radical (unpaired) electrons. The maximum Gasteiger partial charge on any atom is 0.238 e. The Labute approximate surface area is 137 Å². The number of amides is 1. The average molecular weight is 312 g/mol. The predicted octanol–water partition coefficient (Wildman–Crippen LogP) is 2.48. The van der Waals surface area contributed by atoms with Crippen LogP contribution in [0.3, 0.4) is 0 Å². The van der Waals surface area contributed by atoms with E-state index in [-0.39, 0.29) is 5.91 Å². The lowest BCUT2D eigenvalue weighted by molar-refractivity contribution is -0.117. The van der Waals surface area contributed by atoms with Crippen LogP contribution in [-0.4, -0.2) is 35.4 Å². The van der Waals surface area contributed by atoms with Gasteiger partial charge in [-0.2, -0.15) is 0 Å². The van der Waals surface area contributed by atoms with Crippen molar-refractivity contribution < 1.29 is 4.79 Å². The van der Waals surface area contributed by atoms with E-state index in [1.54, 1.807) is 18.5 Å². The van der Waals surface area contributed by atoms with E-state index in [1.807, 2.05) is 31.2 Å². The van der Waals surface area contributed by atoms with Crippen molar-refractivity contribution in [1.82, 2.24) is 9.88 Å². The normalized spacial score (nSPS) is 10.7. The molecule has 23 heavy (non-hydrogen) atoms. The zero-order valence-corrected chi connectivity index (χ0v) is 13.7. The first-order valence-corrected chi connectivity index (χ1v) is 7.85. The second-order valence-corrected chi connectivity index (χ2v) is 5.60. The summed E-state index contributed by atoms with van der Waals surface area (Å²) in [5.74, 6) is -0.0183. The number of nitrogens with two attached hydrogens (primary N) is 1. The van der Waals surface area contributed by atoms with E-state index in [9.17, 15) is 4.79 Å². The summed E-state index contributed by atoms with van der Waals surface area (Å²) in [5.41, 5.74) is 9.44. The SMILES string of the molecule is CCN(CCc1ccncc1)CC(=O)Nc1cc(N)ccc1C. The standard InChI is InChI=1S/C18H24N4O/c1-3-22(11-8-15-6-9-20-10-7-15)13-18(23)21-17-12-16(19)5-4-14(17)2/h4-7,9-10,12H,3,8,11,13,19H2,1-2H3,(H,21,23). The highest BCUT2D eigenvalue weighted by Crippen LogP contribution is 2.18. The zero-order chi connectivity index (χ0) is 16.7. The molecule has 2 aromatic rings. The first kappa shape index (κ1) is 17.0. The third-order valence-electron chi connectivity index (χ3n) is 3.82. The maximum absolute atomic E-state index is 12.3. The molecule has 0 saturated heterocycles. The lowest BCUT2D eigenvalue weighted by atomic mass is 10.2. The Balaban J connectivity index is 1.88. The summed E-state index contributed by atoms with van der Waals surface area (Å²) >= 11 is 0. The molecular formula is C18H24N4O. The highest BCUT2D eigenvalue weighted by atomic mass is 16.2. The van der Waals surface area contributed by atoms with E-state index < -0.39 is 0 Å². The van der Waals surface area contributed by atoms with Crippen molar-refractivity contribution >= 4 is 17.3 Å². The number of benzene rings is 1. The summed E-state index contributed by atoms with van der Waals surface area (Å²) in [6, 6.07) is 9.54. The van der Waals surface area contributed by atoms with E-state index in [0.29, 0.717) is 12.2 Å². The van der Waals surface area contributed by atoms with Crippen LogP contribution < -0.4 is 11.1 Å². The van der Waals surface area contributed by atoms with Crippen molar-refractivity contribution in [2.75, 3.05) is 30.7 Å². The zero-order valence-electron chi connectivity index (χ0n) is 13.7. The number of carbonyl (C=O) groups excluding carboxylic acids is 1. The van der Waals surface area contributed by atoms with Crippen LogP contribution in [0.4, 0.5) is 11.4 Å². The summed E-state index contributed by atoms with van der Waals surface area (Å²) in [6.45, 7) is 6.05. The number of pyridine rings is 1. The molecule has 122 valence electrons. The van der Waals surface area contributed by atoms with Gasteiger partial charge in [0.1, 0.15) is 0 Å². The van der Waals surface area contributed by atoms with Gasteiger partial charge in [0.25, 0.3) is 0 Å². The second kappa shape index (κ2) is 8.29. The fourth-order valence-corrected chi connectivity index (χ4v) is 2.35. The third kappa shape index (κ3) is 5.38. The van der Waals surface area contributed by atoms with Crippen LogP contribution in [0.1, 0.15) is 18.1 Å². The highest BCUT2D eigenvalue weighted by molar-refractivity contribution is 5.93. The molecule has 1 aromatic heterocycles. The minimum atomic E-state index is -0.0183. The number of hydrogen-bond acceptors (Lipinski definition) is 4. The number of carbonyl (C=O) groups is 1. The van der Waals surface area contributed by atoms with Crippen LogP contribution in [0.15, 0.2) is 42.7 Å². The summed E-state index contributed by atoms with van der Waals surface area (Å²) < 4.78 is 0. The molecule has 3 N–H and O–H groups in total. The van der Waals surface area contributed by atoms with E-state index >= 15 is 0 Å². The molecule has 0 aliphatic rings. The van der Waals surface area contributed by atoms with Crippen molar-refractivity contribution in [3.63, 3.8) is 0 Å². The number of nitrogen functional groups attached to an aromatic ring is 1. The summed E-state index contributed by atoms with van der Waals surface area (Å²) in [5, 5.41) is 2.94. The molecule has 0 fully saturated rings. The van der Waals surface area contributed by atoms with E-state index in [4.69, 9.17) is 5.73 Å². The fraction of sp³-hybridized carbons (Fsp3) is 0.333. The molecule has 0 atom stereocenters. The first-order valence-electron chi connectivity index (χ1n) is 7.85. The van der Waals surface area contributed by atoms with Crippen LogP contribution in [0.2, 0.25) is 0 Å². The number of likely N-dealkylation sites (N-methyl/N-ethyl adjacent to an activating group) is 1. The summed E-state index contributed by atoms with van der Waals surface area (Å²) in [7, 11) is 0. The second-order valence-electron chi connectivity index (χ2n) is 5.60. The van der Waals surface area contributed by atoms with Gasteiger partial charge in [-0.3, -0.25) is 14.7 Å². The van der Waals surface area contributed by atoms with Crippen molar-refractivity contribution in [3.8, 4) is 0 Å². The molecule has 1 amide bonds. The number of anilines is 2. The number of nitrogens with one attached hydrogen (secondary N) is 1. The van der Waals surface area contributed by atoms with Crippen LogP contribution >= 0.6 is 0 Å². The third-order valence-corrected chi connectivity index (χ3v) is 3.82. The Morgan fingerprint density at radius 1 is 1.26 bits per heavy atom. The molecule has 2 rings (SSSR count). The van der Waals surface area contributed by atoms with Crippen LogP contribution in [-0.2, 0) is 11.2 Å². The molecular weight excluding hydrogens is 288 g/mol. The average Bonchev–Trinajstić information content (AvgIpc) is 2.55. The predicted molar refractivity (Wildman–Crippen MR) is 94.3 cm³/mol. The Kier molecular flexibility index (Phi) is 6.11. The number of nitrogens with zero attached hydrogens (tertiary/aromatic N) is 2. The van der Waals surface area contributed by atoms with Gasteiger partial charge in [0.15, 0.2) is 0 Å². The molecule has 5 heteroatoms. The van der Waals surface area contributed by atoms with Crippen molar-refractivity contribution in [2.24, 2.45) is 0 Å². The molecule has 0 aliphatic heterocycles.